The number of carbonyl (C=O) groups is 2. The fourth-order valence-electron chi connectivity index (χ4n) is 6.45. The monoisotopic (exact) mass is 548 g/mol. The topological polar surface area (TPSA) is 102 Å². The van der Waals surface area contributed by atoms with E-state index in [1.165, 1.54) is 6.42 Å². The molecule has 0 spiro atoms. The van der Waals surface area contributed by atoms with Crippen molar-refractivity contribution in [3.63, 3.8) is 0 Å². The van der Waals surface area contributed by atoms with E-state index in [9.17, 15) is 19.0 Å². The minimum Gasteiger partial charge on any atom is -0.383 e. The maximum absolute atomic E-state index is 13.7. The van der Waals surface area contributed by atoms with Gasteiger partial charge in [-0.15, -0.1) is 0 Å². The fourth-order valence-corrected chi connectivity index (χ4v) is 8.05. The van der Waals surface area contributed by atoms with Crippen LogP contribution < -0.4 is 10.4 Å². The molecular weight excluding hydrogens is 504 g/mol. The summed E-state index contributed by atoms with van der Waals surface area (Å²) in [4.78, 5) is 33.0. The molecule has 3 aliphatic heterocycles. The van der Waals surface area contributed by atoms with Gasteiger partial charge < -0.3 is 19.4 Å². The van der Waals surface area contributed by atoms with Crippen LogP contribution in [0.3, 0.4) is 0 Å². The Morgan fingerprint density at radius 1 is 1.05 bits per heavy atom. The summed E-state index contributed by atoms with van der Waals surface area (Å²) in [7, 11) is 0.0452. The lowest BCUT2D eigenvalue weighted by Gasteiger charge is -2.40. The normalized spacial score (nSPS) is 25.7. The summed E-state index contributed by atoms with van der Waals surface area (Å²) in [5.74, 6) is 0.947. The minimum absolute atomic E-state index is 0.0853. The van der Waals surface area contributed by atoms with Gasteiger partial charge in [-0.1, -0.05) is 13.8 Å². The lowest BCUT2D eigenvalue weighted by atomic mass is 9.89. The van der Waals surface area contributed by atoms with Gasteiger partial charge in [0, 0.05) is 69.4 Å². The summed E-state index contributed by atoms with van der Waals surface area (Å²) < 4.78 is 17.7. The third kappa shape index (κ3) is 6.41. The molecule has 3 unspecified atom stereocenters. The molecule has 0 bridgehead atoms. The molecule has 0 saturated carbocycles. The Morgan fingerprint density at radius 2 is 1.66 bits per heavy atom. The number of anilines is 1. The molecule has 3 heterocycles. The van der Waals surface area contributed by atoms with E-state index >= 15 is 0 Å². The standard InChI is InChI=1S/C28H44N4O5S/c1-21-18-22(2)20-32(19-21)26(33)23-8-12-31(13-9-23)24-4-6-25(7-5-24)38(36)28(27(34)29-35)10-14-30(15-11-28)16-17-37-3/h4-7,21-23,35H,8-20H2,1-3H3,(H,29,34). The predicted molar refractivity (Wildman–Crippen MR) is 148 cm³/mol. The molecule has 9 nitrogen and oxygen atoms in total. The fraction of sp³-hybridized carbons (Fsp3) is 0.714. The van der Waals surface area contributed by atoms with Gasteiger partial charge in [0.25, 0.3) is 5.91 Å². The number of piperidine rings is 3. The molecule has 4 rings (SSSR count). The smallest absolute Gasteiger partial charge is 0.262 e. The van der Waals surface area contributed by atoms with Crippen LogP contribution in [0.15, 0.2) is 29.2 Å². The van der Waals surface area contributed by atoms with Crippen LogP contribution in [0.4, 0.5) is 5.69 Å². The summed E-state index contributed by atoms with van der Waals surface area (Å²) in [5, 5.41) is 9.44. The number of hydrogen-bond donors (Lipinski definition) is 2. The third-order valence-corrected chi connectivity index (χ3v) is 10.6. The van der Waals surface area contributed by atoms with Crippen LogP contribution in [0.5, 0.6) is 0 Å². The zero-order valence-corrected chi connectivity index (χ0v) is 23.9. The Labute approximate surface area is 229 Å². The number of nitrogens with one attached hydrogen (secondary N) is 1. The van der Waals surface area contributed by atoms with E-state index in [0.29, 0.717) is 55.2 Å². The highest BCUT2D eigenvalue weighted by molar-refractivity contribution is 7.87. The van der Waals surface area contributed by atoms with Gasteiger partial charge in [0.15, 0.2) is 0 Å². The van der Waals surface area contributed by atoms with Crippen molar-refractivity contribution < 1.29 is 23.7 Å². The zero-order valence-electron chi connectivity index (χ0n) is 23.1. The molecule has 3 fully saturated rings. The van der Waals surface area contributed by atoms with Gasteiger partial charge >= 0.3 is 0 Å². The summed E-state index contributed by atoms with van der Waals surface area (Å²) in [5.41, 5.74) is 2.81. The first-order chi connectivity index (χ1) is 18.3. The summed E-state index contributed by atoms with van der Waals surface area (Å²) in [6, 6.07) is 7.59. The van der Waals surface area contributed by atoms with Crippen LogP contribution in [0.25, 0.3) is 0 Å². The largest absolute Gasteiger partial charge is 0.383 e. The summed E-state index contributed by atoms with van der Waals surface area (Å²) in [6.45, 7) is 10.4. The average molecular weight is 549 g/mol. The van der Waals surface area contributed by atoms with Crippen LogP contribution in [0.2, 0.25) is 0 Å². The molecule has 3 atom stereocenters. The first kappa shape index (κ1) is 29.0. The van der Waals surface area contributed by atoms with Crippen molar-refractivity contribution in [3.8, 4) is 0 Å². The number of benzene rings is 1. The van der Waals surface area contributed by atoms with Crippen molar-refractivity contribution in [2.75, 3.05) is 64.4 Å². The number of ether oxygens (including phenoxy) is 1. The van der Waals surface area contributed by atoms with Crippen molar-refractivity contribution in [2.24, 2.45) is 17.8 Å². The molecule has 3 aliphatic rings. The van der Waals surface area contributed by atoms with E-state index in [0.717, 1.165) is 51.3 Å². The van der Waals surface area contributed by atoms with Crippen LogP contribution in [-0.4, -0.2) is 95.3 Å². The Morgan fingerprint density at radius 3 is 2.21 bits per heavy atom. The van der Waals surface area contributed by atoms with Crippen LogP contribution in [0, 0.1) is 17.8 Å². The Bertz CT molecular complexity index is 964. The van der Waals surface area contributed by atoms with Crippen molar-refractivity contribution in [1.29, 1.82) is 0 Å². The second-order valence-electron chi connectivity index (χ2n) is 11.5. The number of nitrogens with zero attached hydrogens (tertiary/aromatic N) is 3. The maximum Gasteiger partial charge on any atom is 0.262 e. The molecule has 1 aromatic carbocycles. The summed E-state index contributed by atoms with van der Waals surface area (Å²) >= 11 is 0. The van der Waals surface area contributed by atoms with E-state index in [4.69, 9.17) is 4.74 Å². The number of amides is 2. The highest BCUT2D eigenvalue weighted by Crippen LogP contribution is 2.34. The number of hydroxylamine groups is 1. The number of likely N-dealkylation sites (tertiary alicyclic amines) is 2. The van der Waals surface area contributed by atoms with Gasteiger partial charge in [-0.3, -0.25) is 19.0 Å². The highest BCUT2D eigenvalue weighted by Gasteiger charge is 2.47. The van der Waals surface area contributed by atoms with Gasteiger partial charge in [0.2, 0.25) is 5.91 Å². The number of rotatable bonds is 8. The Kier molecular flexibility index (Phi) is 9.84. The van der Waals surface area contributed by atoms with E-state index in [-0.39, 0.29) is 5.92 Å². The highest BCUT2D eigenvalue weighted by atomic mass is 32.2. The lowest BCUT2D eigenvalue weighted by molar-refractivity contribution is -0.139. The van der Waals surface area contributed by atoms with E-state index in [1.807, 2.05) is 24.3 Å². The number of methoxy groups -OCH3 is 1. The lowest BCUT2D eigenvalue weighted by Crippen LogP contribution is -2.56. The van der Waals surface area contributed by atoms with Crippen LogP contribution in [0.1, 0.15) is 46.0 Å². The van der Waals surface area contributed by atoms with Crippen molar-refractivity contribution >= 4 is 28.3 Å². The minimum atomic E-state index is -1.61. The molecule has 38 heavy (non-hydrogen) atoms. The Hall–Kier alpha value is -2.01. The molecule has 3 saturated heterocycles. The molecule has 2 N–H and O–H groups in total. The maximum atomic E-state index is 13.7. The molecule has 0 radical (unpaired) electrons. The third-order valence-electron chi connectivity index (χ3n) is 8.59. The summed E-state index contributed by atoms with van der Waals surface area (Å²) in [6.07, 6.45) is 3.67. The Balaban J connectivity index is 1.36. The first-order valence-corrected chi connectivity index (χ1v) is 15.1. The van der Waals surface area contributed by atoms with Crippen molar-refractivity contribution in [1.82, 2.24) is 15.3 Å². The number of carbonyl (C=O) groups excluding carboxylic acids is 2. The molecule has 1 aromatic rings. The molecular formula is C28H44N4O5S. The number of hydrogen-bond acceptors (Lipinski definition) is 7. The van der Waals surface area contributed by atoms with E-state index < -0.39 is 21.5 Å². The van der Waals surface area contributed by atoms with Gasteiger partial charge in [-0.05, 0) is 68.2 Å². The second-order valence-corrected chi connectivity index (χ2v) is 13.3. The van der Waals surface area contributed by atoms with Crippen molar-refractivity contribution in [3.05, 3.63) is 24.3 Å². The van der Waals surface area contributed by atoms with Gasteiger partial charge in [-0.25, -0.2) is 5.48 Å². The van der Waals surface area contributed by atoms with Crippen molar-refractivity contribution in [2.45, 2.75) is 55.6 Å². The average Bonchev–Trinajstić information content (AvgIpc) is 2.95. The zero-order chi connectivity index (χ0) is 27.3. The predicted octanol–water partition coefficient (Wildman–Crippen LogP) is 2.50. The van der Waals surface area contributed by atoms with Gasteiger partial charge in [0.1, 0.15) is 4.75 Å². The first-order valence-electron chi connectivity index (χ1n) is 14.0. The second kappa shape index (κ2) is 12.9. The van der Waals surface area contributed by atoms with Crippen LogP contribution >= 0.6 is 0 Å². The molecule has 2 amide bonds. The van der Waals surface area contributed by atoms with Gasteiger partial charge in [-0.2, -0.15) is 0 Å². The molecule has 212 valence electrons. The SMILES string of the molecule is COCCN1CCC(C(=O)NO)(S(=O)c2ccc(N3CCC(C(=O)N4CC(C)CC(C)C4)CC3)cc2)CC1. The van der Waals surface area contributed by atoms with E-state index in [1.54, 1.807) is 12.6 Å². The molecule has 10 heteroatoms. The van der Waals surface area contributed by atoms with Gasteiger partial charge in [0.05, 0.1) is 17.4 Å². The quantitative estimate of drug-likeness (QED) is 0.380. The van der Waals surface area contributed by atoms with E-state index in [2.05, 4.69) is 28.5 Å². The molecule has 0 aromatic heterocycles. The molecule has 0 aliphatic carbocycles. The van der Waals surface area contributed by atoms with Crippen LogP contribution in [-0.2, 0) is 25.1 Å².